The second-order valence-corrected chi connectivity index (χ2v) is 22.0. The number of likely N-dealkylation sites (N-methyl/N-ethyl adjacent to an activating group) is 1. The zero-order chi connectivity index (χ0) is 55.6. The van der Waals surface area contributed by atoms with Crippen LogP contribution in [0.1, 0.15) is 219 Å². The van der Waals surface area contributed by atoms with Crippen LogP contribution in [-0.4, -0.2) is 70.0 Å². The van der Waals surface area contributed by atoms with Crippen LogP contribution in [0.25, 0.3) is 0 Å². The third-order valence-corrected chi connectivity index (χ3v) is 13.1. The molecule has 432 valence electrons. The van der Waals surface area contributed by atoms with Gasteiger partial charge in [0.1, 0.15) is 19.8 Å². The number of hydrogen-bond acceptors (Lipinski definition) is 8. The van der Waals surface area contributed by atoms with Crippen LogP contribution in [0.15, 0.2) is 134 Å². The van der Waals surface area contributed by atoms with Crippen molar-refractivity contribution in [1.29, 1.82) is 0 Å². The van der Waals surface area contributed by atoms with Crippen molar-refractivity contribution >= 4 is 19.8 Å². The van der Waals surface area contributed by atoms with Gasteiger partial charge in [-0.15, -0.1) is 0 Å². The minimum Gasteiger partial charge on any atom is -0.756 e. The van der Waals surface area contributed by atoms with Crippen molar-refractivity contribution in [3.63, 3.8) is 0 Å². The summed E-state index contributed by atoms with van der Waals surface area (Å²) in [5.74, 6) is -0.862. The van der Waals surface area contributed by atoms with Crippen LogP contribution in [0, 0.1) is 0 Å². The SMILES string of the molecule is CC/C=C\C/C=C\C/C=C\C/C=C\C/C=C\C/C=C\C/C=C\C/C=C\C/C=C\C/C=C\C/C=C\CCCCCCCC(=O)OC(COC(=O)CCCCCCCCCCCCCCC)COP(=O)([O-])OCC[N+](C)(C)C. The number of phosphoric ester groups is 1. The van der Waals surface area contributed by atoms with Crippen molar-refractivity contribution < 1.29 is 42.1 Å². The molecule has 0 radical (unpaired) electrons. The fourth-order valence-corrected chi connectivity index (χ4v) is 8.33. The first kappa shape index (κ1) is 72.2. The van der Waals surface area contributed by atoms with E-state index >= 15 is 0 Å². The van der Waals surface area contributed by atoms with E-state index < -0.39 is 32.5 Å². The molecule has 0 aromatic carbocycles. The fraction of sp³-hybridized carbons (Fsp3) is 0.636. The Hall–Kier alpha value is -3.85. The molecule has 0 amide bonds. The molecule has 0 aliphatic heterocycles. The average Bonchev–Trinajstić information content (AvgIpc) is 3.38. The summed E-state index contributed by atoms with van der Waals surface area (Å²) in [6.45, 7) is 4.08. The van der Waals surface area contributed by atoms with E-state index in [4.69, 9.17) is 18.5 Å². The van der Waals surface area contributed by atoms with Crippen LogP contribution < -0.4 is 4.89 Å². The summed E-state index contributed by atoms with van der Waals surface area (Å²) in [6.07, 6.45) is 80.8. The molecule has 2 atom stereocenters. The number of hydrogen-bond donors (Lipinski definition) is 0. The van der Waals surface area contributed by atoms with Crippen molar-refractivity contribution in [2.75, 3.05) is 47.5 Å². The van der Waals surface area contributed by atoms with Gasteiger partial charge in [0.25, 0.3) is 7.82 Å². The number of ether oxygens (including phenoxy) is 2. The molecule has 0 bridgehead atoms. The molecule has 0 fully saturated rings. The third-order valence-electron chi connectivity index (χ3n) is 12.2. The number of carbonyl (C=O) groups is 2. The molecule has 0 heterocycles. The molecule has 76 heavy (non-hydrogen) atoms. The summed E-state index contributed by atoms with van der Waals surface area (Å²) in [6, 6.07) is 0. The molecule has 0 rings (SSSR count). The standard InChI is InChI=1S/C66H110NO8P/c1-6-8-10-12-14-16-18-20-21-22-23-24-25-26-27-28-29-30-31-32-33-34-35-36-37-38-39-40-41-42-43-44-45-47-49-51-53-55-57-59-66(69)75-64(63-74-76(70,71)73-61-60-67(3,4)5)62-72-65(68)58-56-54-52-50-48-46-19-17-15-13-11-9-7-2/h8,10,14,16,20-21,23-24,26-27,29-30,32-33,35-36,38-39,41-42,44-45,64H,6-7,9,11-13,15,17-19,22,25,28,31,34,37,40,43,46-63H2,1-5H3/b10-8-,16-14-,21-20-,24-23-,27-26-,30-29-,33-32-,36-35-,39-38-,42-41-,45-44-. The van der Waals surface area contributed by atoms with Crippen LogP contribution in [-0.2, 0) is 32.7 Å². The highest BCUT2D eigenvalue weighted by molar-refractivity contribution is 7.45. The summed E-state index contributed by atoms with van der Waals surface area (Å²) in [7, 11) is 1.14. The Morgan fingerprint density at radius 3 is 1.12 bits per heavy atom. The summed E-state index contributed by atoms with van der Waals surface area (Å²) < 4.78 is 34.1. The van der Waals surface area contributed by atoms with Gasteiger partial charge in [0.15, 0.2) is 6.10 Å². The molecule has 9 nitrogen and oxygen atoms in total. The van der Waals surface area contributed by atoms with Crippen molar-refractivity contribution in [2.45, 2.75) is 225 Å². The van der Waals surface area contributed by atoms with E-state index in [0.29, 0.717) is 17.4 Å². The van der Waals surface area contributed by atoms with E-state index in [2.05, 4.69) is 148 Å². The van der Waals surface area contributed by atoms with Gasteiger partial charge in [-0.25, -0.2) is 0 Å². The van der Waals surface area contributed by atoms with E-state index in [1.54, 1.807) is 0 Å². The van der Waals surface area contributed by atoms with Crippen molar-refractivity contribution in [2.24, 2.45) is 0 Å². The first-order valence-corrected chi connectivity index (χ1v) is 31.4. The number of rotatable bonds is 53. The maximum atomic E-state index is 12.8. The van der Waals surface area contributed by atoms with Gasteiger partial charge in [-0.05, 0) is 96.3 Å². The number of unbranched alkanes of at least 4 members (excludes halogenated alkanes) is 17. The van der Waals surface area contributed by atoms with Gasteiger partial charge in [0, 0.05) is 12.8 Å². The van der Waals surface area contributed by atoms with Crippen LogP contribution in [0.3, 0.4) is 0 Å². The van der Waals surface area contributed by atoms with Crippen LogP contribution in [0.5, 0.6) is 0 Å². The zero-order valence-electron chi connectivity index (χ0n) is 48.9. The van der Waals surface area contributed by atoms with E-state index in [0.717, 1.165) is 122 Å². The molecular weight excluding hydrogens is 966 g/mol. The maximum absolute atomic E-state index is 12.8. The van der Waals surface area contributed by atoms with E-state index in [-0.39, 0.29) is 26.1 Å². The maximum Gasteiger partial charge on any atom is 0.306 e. The average molecular weight is 1080 g/mol. The second-order valence-electron chi connectivity index (χ2n) is 20.6. The molecule has 0 N–H and O–H groups in total. The molecular formula is C66H110NO8P. The molecule has 0 saturated carbocycles. The number of phosphoric acid groups is 1. The van der Waals surface area contributed by atoms with Crippen molar-refractivity contribution in [3.8, 4) is 0 Å². The predicted octanol–water partition coefficient (Wildman–Crippen LogP) is 18.3. The minimum absolute atomic E-state index is 0.0404. The minimum atomic E-state index is -4.65. The lowest BCUT2D eigenvalue weighted by Crippen LogP contribution is -2.37. The lowest BCUT2D eigenvalue weighted by Gasteiger charge is -2.28. The summed E-state index contributed by atoms with van der Waals surface area (Å²) >= 11 is 0. The monoisotopic (exact) mass is 1080 g/mol. The highest BCUT2D eigenvalue weighted by atomic mass is 31.2. The number of allylic oxidation sites excluding steroid dienone is 22. The van der Waals surface area contributed by atoms with Gasteiger partial charge in [-0.1, -0.05) is 244 Å². The lowest BCUT2D eigenvalue weighted by atomic mass is 10.0. The number of nitrogens with zero attached hydrogens (tertiary/aromatic N) is 1. The van der Waals surface area contributed by atoms with E-state index in [1.165, 1.54) is 64.2 Å². The Labute approximate surface area is 466 Å². The molecule has 0 aliphatic rings. The first-order valence-electron chi connectivity index (χ1n) is 29.9. The van der Waals surface area contributed by atoms with E-state index in [9.17, 15) is 19.0 Å². The van der Waals surface area contributed by atoms with Crippen LogP contribution >= 0.6 is 7.82 Å². The van der Waals surface area contributed by atoms with Gasteiger partial charge in [0.05, 0.1) is 27.7 Å². The molecule has 0 aliphatic carbocycles. The first-order chi connectivity index (χ1) is 37.0. The second kappa shape index (κ2) is 55.9. The Balaban J connectivity index is 4.17. The van der Waals surface area contributed by atoms with Gasteiger partial charge >= 0.3 is 11.9 Å². The molecule has 0 saturated heterocycles. The number of quaternary nitrogens is 1. The molecule has 10 heteroatoms. The van der Waals surface area contributed by atoms with Gasteiger partial charge in [-0.2, -0.15) is 0 Å². The van der Waals surface area contributed by atoms with Gasteiger partial charge < -0.3 is 27.9 Å². The Bertz CT molecular complexity index is 1740. The number of esters is 2. The summed E-state index contributed by atoms with van der Waals surface area (Å²) in [5, 5.41) is 0. The lowest BCUT2D eigenvalue weighted by molar-refractivity contribution is -0.870. The Morgan fingerprint density at radius 2 is 0.750 bits per heavy atom. The van der Waals surface area contributed by atoms with Crippen molar-refractivity contribution in [1.82, 2.24) is 0 Å². The van der Waals surface area contributed by atoms with E-state index in [1.807, 2.05) is 21.1 Å². The molecule has 0 aromatic heterocycles. The largest absolute Gasteiger partial charge is 0.756 e. The topological polar surface area (TPSA) is 111 Å². The summed E-state index contributed by atoms with van der Waals surface area (Å²) in [4.78, 5) is 37.8. The fourth-order valence-electron chi connectivity index (χ4n) is 7.60. The van der Waals surface area contributed by atoms with Crippen LogP contribution in [0.4, 0.5) is 0 Å². The number of carbonyl (C=O) groups excluding carboxylic acids is 2. The molecule has 0 aromatic rings. The van der Waals surface area contributed by atoms with Crippen molar-refractivity contribution in [3.05, 3.63) is 134 Å². The molecule has 2 unspecified atom stereocenters. The highest BCUT2D eigenvalue weighted by Crippen LogP contribution is 2.38. The Morgan fingerprint density at radius 1 is 0.421 bits per heavy atom. The predicted molar refractivity (Wildman–Crippen MR) is 323 cm³/mol. The van der Waals surface area contributed by atoms with Crippen LogP contribution in [0.2, 0.25) is 0 Å². The molecule has 0 spiro atoms. The quantitative estimate of drug-likeness (QED) is 0.0195. The third kappa shape index (κ3) is 59.4. The van der Waals surface area contributed by atoms with Gasteiger partial charge in [0.2, 0.25) is 0 Å². The summed E-state index contributed by atoms with van der Waals surface area (Å²) in [5.41, 5.74) is 0. The zero-order valence-corrected chi connectivity index (χ0v) is 49.8. The van der Waals surface area contributed by atoms with Gasteiger partial charge in [-0.3, -0.25) is 14.2 Å². The Kier molecular flexibility index (Phi) is 53.1. The highest BCUT2D eigenvalue weighted by Gasteiger charge is 2.21. The smallest absolute Gasteiger partial charge is 0.306 e. The normalized spacial score (nSPS) is 14.2.